The fourth-order valence-electron chi connectivity index (χ4n) is 3.45. The summed E-state index contributed by atoms with van der Waals surface area (Å²) in [5.74, 6) is 0.155. The van der Waals surface area contributed by atoms with Crippen molar-refractivity contribution in [3.63, 3.8) is 0 Å². The van der Waals surface area contributed by atoms with Crippen LogP contribution < -0.4 is 5.32 Å². The molecule has 0 saturated heterocycles. The zero-order chi connectivity index (χ0) is 16.1. The Morgan fingerprint density at radius 3 is 2.39 bits per heavy atom. The number of benzene rings is 1. The van der Waals surface area contributed by atoms with Gasteiger partial charge in [-0.25, -0.2) is 0 Å². The monoisotopic (exact) mass is 328 g/mol. The molecule has 0 atom stereocenters. The van der Waals surface area contributed by atoms with E-state index in [1.807, 2.05) is 24.5 Å². The Bertz CT molecular complexity index is 628. The van der Waals surface area contributed by atoms with E-state index in [0.717, 1.165) is 31.2 Å². The van der Waals surface area contributed by atoms with Crippen molar-refractivity contribution in [3.05, 3.63) is 54.4 Å². The summed E-state index contributed by atoms with van der Waals surface area (Å²) in [6, 6.07) is 12.4. The molecule has 1 heterocycles. The maximum atomic E-state index is 13.0. The van der Waals surface area contributed by atoms with Crippen molar-refractivity contribution in [1.82, 2.24) is 9.88 Å². The van der Waals surface area contributed by atoms with E-state index in [-0.39, 0.29) is 5.91 Å². The second-order valence-corrected chi connectivity index (χ2v) is 7.09. The average molecular weight is 328 g/mol. The Balaban J connectivity index is 1.71. The Kier molecular flexibility index (Phi) is 5.11. The van der Waals surface area contributed by atoms with Gasteiger partial charge in [0.1, 0.15) is 5.54 Å². The molecular formula is C19H24N2OS. The number of thioether (sulfide) groups is 1. The lowest BCUT2D eigenvalue weighted by Gasteiger charge is -2.37. The van der Waals surface area contributed by atoms with Gasteiger partial charge >= 0.3 is 0 Å². The van der Waals surface area contributed by atoms with Gasteiger partial charge in [0.2, 0.25) is 5.91 Å². The van der Waals surface area contributed by atoms with Crippen molar-refractivity contribution in [2.24, 2.45) is 0 Å². The van der Waals surface area contributed by atoms with E-state index in [4.69, 9.17) is 0 Å². The Labute approximate surface area is 142 Å². The van der Waals surface area contributed by atoms with Crippen LogP contribution in [0.2, 0.25) is 0 Å². The third kappa shape index (κ3) is 3.47. The standard InChI is InChI=1S/C19H24N2OS/c1-23-17-9-7-16(8-10-17)15-20-18(22)19(11-3-2-4-12-19)21-13-5-6-14-21/h5-10,13-14H,2-4,11-12,15H2,1H3,(H,20,22). The van der Waals surface area contributed by atoms with E-state index in [9.17, 15) is 4.79 Å². The summed E-state index contributed by atoms with van der Waals surface area (Å²) >= 11 is 1.73. The van der Waals surface area contributed by atoms with E-state index in [1.165, 1.54) is 11.3 Å². The molecule has 1 amide bonds. The molecule has 1 aromatic heterocycles. The molecular weight excluding hydrogens is 304 g/mol. The van der Waals surface area contributed by atoms with Crippen LogP contribution in [0.4, 0.5) is 0 Å². The zero-order valence-electron chi connectivity index (χ0n) is 13.6. The lowest BCUT2D eigenvalue weighted by Crippen LogP contribution is -2.49. The second kappa shape index (κ2) is 7.26. The van der Waals surface area contributed by atoms with Crippen molar-refractivity contribution in [2.75, 3.05) is 6.26 Å². The molecule has 1 saturated carbocycles. The number of carbonyl (C=O) groups is 1. The minimum Gasteiger partial charge on any atom is -0.350 e. The molecule has 1 aromatic carbocycles. The van der Waals surface area contributed by atoms with E-state index in [0.29, 0.717) is 6.54 Å². The van der Waals surface area contributed by atoms with Gasteiger partial charge in [-0.3, -0.25) is 4.79 Å². The number of hydrogen-bond acceptors (Lipinski definition) is 2. The van der Waals surface area contributed by atoms with Crippen molar-refractivity contribution in [3.8, 4) is 0 Å². The highest BCUT2D eigenvalue weighted by atomic mass is 32.2. The quantitative estimate of drug-likeness (QED) is 0.835. The zero-order valence-corrected chi connectivity index (χ0v) is 14.4. The molecule has 3 nitrogen and oxygen atoms in total. The van der Waals surface area contributed by atoms with Crippen molar-refractivity contribution < 1.29 is 4.79 Å². The molecule has 1 aliphatic carbocycles. The molecule has 4 heteroatoms. The summed E-state index contributed by atoms with van der Waals surface area (Å²) in [7, 11) is 0. The fraction of sp³-hybridized carbons (Fsp3) is 0.421. The smallest absolute Gasteiger partial charge is 0.246 e. The lowest BCUT2D eigenvalue weighted by molar-refractivity contribution is -0.131. The first-order valence-corrected chi connectivity index (χ1v) is 9.52. The second-order valence-electron chi connectivity index (χ2n) is 6.21. The van der Waals surface area contributed by atoms with Crippen LogP contribution in [0.25, 0.3) is 0 Å². The average Bonchev–Trinajstić information content (AvgIpc) is 3.16. The molecule has 1 N–H and O–H groups in total. The maximum Gasteiger partial charge on any atom is 0.246 e. The summed E-state index contributed by atoms with van der Waals surface area (Å²) in [5, 5.41) is 3.17. The highest BCUT2D eigenvalue weighted by Gasteiger charge is 2.40. The SMILES string of the molecule is CSc1ccc(CNC(=O)C2(n3cccc3)CCCCC2)cc1. The van der Waals surface area contributed by atoms with Gasteiger partial charge in [0.05, 0.1) is 0 Å². The molecule has 23 heavy (non-hydrogen) atoms. The van der Waals surface area contributed by atoms with Gasteiger partial charge in [-0.05, 0) is 48.9 Å². The Morgan fingerprint density at radius 1 is 1.13 bits per heavy atom. The lowest BCUT2D eigenvalue weighted by atomic mass is 9.80. The molecule has 1 fully saturated rings. The first-order valence-electron chi connectivity index (χ1n) is 8.29. The van der Waals surface area contributed by atoms with Crippen LogP contribution in [0.5, 0.6) is 0 Å². The molecule has 1 aliphatic rings. The minimum absolute atomic E-state index is 0.155. The molecule has 0 unspecified atom stereocenters. The summed E-state index contributed by atoms with van der Waals surface area (Å²) in [6.07, 6.45) is 11.4. The summed E-state index contributed by atoms with van der Waals surface area (Å²) in [5.41, 5.74) is 0.746. The largest absolute Gasteiger partial charge is 0.350 e. The van der Waals surface area contributed by atoms with Crippen LogP contribution in [-0.4, -0.2) is 16.7 Å². The number of aromatic nitrogens is 1. The fourth-order valence-corrected chi connectivity index (χ4v) is 3.86. The van der Waals surface area contributed by atoms with Gasteiger partial charge in [0.25, 0.3) is 0 Å². The molecule has 122 valence electrons. The normalized spacial score (nSPS) is 16.9. The Morgan fingerprint density at radius 2 is 1.78 bits per heavy atom. The topological polar surface area (TPSA) is 34.0 Å². The van der Waals surface area contributed by atoms with Crippen LogP contribution in [0.1, 0.15) is 37.7 Å². The molecule has 0 aliphatic heterocycles. The number of carbonyl (C=O) groups excluding carboxylic acids is 1. The van der Waals surface area contributed by atoms with Gasteiger partial charge in [0, 0.05) is 23.8 Å². The first-order chi connectivity index (χ1) is 11.2. The van der Waals surface area contributed by atoms with Crippen LogP contribution >= 0.6 is 11.8 Å². The third-order valence-corrected chi connectivity index (χ3v) is 5.56. The van der Waals surface area contributed by atoms with E-state index >= 15 is 0 Å². The summed E-state index contributed by atoms with van der Waals surface area (Å²) < 4.78 is 2.11. The maximum absolute atomic E-state index is 13.0. The van der Waals surface area contributed by atoms with Crippen LogP contribution in [0.3, 0.4) is 0 Å². The minimum atomic E-state index is -0.402. The number of nitrogens with zero attached hydrogens (tertiary/aromatic N) is 1. The van der Waals surface area contributed by atoms with Crippen molar-refractivity contribution in [2.45, 2.75) is 49.1 Å². The highest BCUT2D eigenvalue weighted by Crippen LogP contribution is 2.35. The van der Waals surface area contributed by atoms with E-state index in [1.54, 1.807) is 11.8 Å². The number of rotatable bonds is 5. The van der Waals surface area contributed by atoms with Gasteiger partial charge in [-0.2, -0.15) is 0 Å². The summed E-state index contributed by atoms with van der Waals surface area (Å²) in [4.78, 5) is 14.2. The van der Waals surface area contributed by atoms with Gasteiger partial charge in [0.15, 0.2) is 0 Å². The van der Waals surface area contributed by atoms with E-state index < -0.39 is 5.54 Å². The van der Waals surface area contributed by atoms with Crippen molar-refractivity contribution >= 4 is 17.7 Å². The molecule has 2 aromatic rings. The van der Waals surface area contributed by atoms with Gasteiger partial charge in [-0.15, -0.1) is 11.8 Å². The van der Waals surface area contributed by atoms with Crippen LogP contribution in [-0.2, 0) is 16.9 Å². The van der Waals surface area contributed by atoms with Crippen LogP contribution in [0.15, 0.2) is 53.7 Å². The van der Waals surface area contributed by atoms with Crippen molar-refractivity contribution in [1.29, 1.82) is 0 Å². The highest BCUT2D eigenvalue weighted by molar-refractivity contribution is 7.98. The molecule has 0 bridgehead atoms. The van der Waals surface area contributed by atoms with E-state index in [2.05, 4.69) is 40.4 Å². The summed E-state index contributed by atoms with van der Waals surface area (Å²) in [6.45, 7) is 0.594. The van der Waals surface area contributed by atoms with Gasteiger partial charge < -0.3 is 9.88 Å². The first kappa shape index (κ1) is 16.2. The molecule has 0 radical (unpaired) electrons. The Hall–Kier alpha value is -1.68. The number of hydrogen-bond donors (Lipinski definition) is 1. The predicted molar refractivity (Wildman–Crippen MR) is 95.6 cm³/mol. The third-order valence-electron chi connectivity index (χ3n) is 4.81. The molecule has 0 spiro atoms. The van der Waals surface area contributed by atoms with Gasteiger partial charge in [-0.1, -0.05) is 31.4 Å². The molecule has 3 rings (SSSR count). The number of nitrogens with one attached hydrogen (secondary N) is 1. The predicted octanol–water partition coefficient (Wildman–Crippen LogP) is 4.19. The number of amides is 1. The van der Waals surface area contributed by atoms with Crippen LogP contribution in [0, 0.1) is 0 Å².